The first kappa shape index (κ1) is 12.3. The Morgan fingerprint density at radius 1 is 1.27 bits per heavy atom. The van der Waals surface area contributed by atoms with Crippen molar-refractivity contribution in [2.45, 2.75) is 19.3 Å². The van der Waals surface area contributed by atoms with Gasteiger partial charge in [-0.25, -0.2) is 8.78 Å². The van der Waals surface area contributed by atoms with Crippen LogP contribution in [-0.4, -0.2) is 11.1 Å². The topological polar surface area (TPSA) is 17.1 Å². The average Bonchev–Trinajstić information content (AvgIpc) is 2.17. The summed E-state index contributed by atoms with van der Waals surface area (Å²) in [4.78, 5) is 11.5. The number of halogens is 3. The van der Waals surface area contributed by atoms with Crippen LogP contribution in [0.3, 0.4) is 0 Å². The second-order valence-electron chi connectivity index (χ2n) is 3.19. The standard InChI is InChI=1S/C11H11BrF2O/c12-6-2-1-3-11(15)9-5-4-8(13)7-10(9)14/h4-5,7H,1-3,6H2. The molecular weight excluding hydrogens is 266 g/mol. The number of carbonyl (C=O) groups excluding carboxylic acids is 1. The van der Waals surface area contributed by atoms with Crippen LogP contribution in [0.1, 0.15) is 29.6 Å². The molecule has 0 unspecified atom stereocenters. The quantitative estimate of drug-likeness (QED) is 0.455. The molecule has 0 N–H and O–H groups in total. The van der Waals surface area contributed by atoms with Crippen LogP contribution in [-0.2, 0) is 0 Å². The third kappa shape index (κ3) is 3.70. The Hall–Kier alpha value is -0.770. The third-order valence-electron chi connectivity index (χ3n) is 2.02. The zero-order valence-corrected chi connectivity index (χ0v) is 9.69. The van der Waals surface area contributed by atoms with Crippen molar-refractivity contribution in [2.75, 3.05) is 5.33 Å². The van der Waals surface area contributed by atoms with Crippen LogP contribution < -0.4 is 0 Å². The van der Waals surface area contributed by atoms with E-state index in [-0.39, 0.29) is 11.3 Å². The fourth-order valence-corrected chi connectivity index (χ4v) is 1.63. The molecule has 0 aliphatic rings. The van der Waals surface area contributed by atoms with Gasteiger partial charge in [-0.1, -0.05) is 15.9 Å². The SMILES string of the molecule is O=C(CCCCBr)c1ccc(F)cc1F. The van der Waals surface area contributed by atoms with Crippen molar-refractivity contribution in [2.24, 2.45) is 0 Å². The van der Waals surface area contributed by atoms with E-state index in [1.54, 1.807) is 0 Å². The lowest BCUT2D eigenvalue weighted by Crippen LogP contribution is -2.02. The predicted octanol–water partition coefficient (Wildman–Crippen LogP) is 3.71. The third-order valence-corrected chi connectivity index (χ3v) is 2.58. The summed E-state index contributed by atoms with van der Waals surface area (Å²) in [6, 6.07) is 3.03. The molecular formula is C11H11BrF2O. The van der Waals surface area contributed by atoms with Crippen LogP contribution in [0.5, 0.6) is 0 Å². The van der Waals surface area contributed by atoms with Gasteiger partial charge in [-0.3, -0.25) is 4.79 Å². The lowest BCUT2D eigenvalue weighted by molar-refractivity contribution is 0.0976. The van der Waals surface area contributed by atoms with Crippen LogP contribution >= 0.6 is 15.9 Å². The second kappa shape index (κ2) is 5.95. The molecule has 0 aliphatic heterocycles. The molecule has 0 atom stereocenters. The molecule has 15 heavy (non-hydrogen) atoms. The van der Waals surface area contributed by atoms with Gasteiger partial charge in [0.1, 0.15) is 11.6 Å². The highest BCUT2D eigenvalue weighted by molar-refractivity contribution is 9.09. The molecule has 0 heterocycles. The summed E-state index contributed by atoms with van der Waals surface area (Å²) in [5.41, 5.74) is -0.0222. The number of hydrogen-bond donors (Lipinski definition) is 0. The van der Waals surface area contributed by atoms with Crippen LogP contribution in [0, 0.1) is 11.6 Å². The molecule has 0 fully saturated rings. The minimum atomic E-state index is -0.779. The molecule has 82 valence electrons. The van der Waals surface area contributed by atoms with Crippen molar-refractivity contribution in [3.05, 3.63) is 35.4 Å². The smallest absolute Gasteiger partial charge is 0.165 e. The van der Waals surface area contributed by atoms with Gasteiger partial charge in [0.05, 0.1) is 5.56 Å². The molecule has 0 aliphatic carbocycles. The highest BCUT2D eigenvalue weighted by atomic mass is 79.9. The molecule has 0 saturated carbocycles. The Labute approximate surface area is 95.6 Å². The van der Waals surface area contributed by atoms with Gasteiger partial charge in [0, 0.05) is 17.8 Å². The number of hydrogen-bond acceptors (Lipinski definition) is 1. The maximum atomic E-state index is 13.1. The van der Waals surface area contributed by atoms with Crippen LogP contribution in [0.25, 0.3) is 0 Å². The van der Waals surface area contributed by atoms with Gasteiger partial charge in [-0.15, -0.1) is 0 Å². The Bertz CT molecular complexity index is 352. The summed E-state index contributed by atoms with van der Waals surface area (Å²) in [6.45, 7) is 0. The zero-order chi connectivity index (χ0) is 11.3. The summed E-state index contributed by atoms with van der Waals surface area (Å²) in [7, 11) is 0. The van der Waals surface area contributed by atoms with Crippen molar-refractivity contribution < 1.29 is 13.6 Å². The summed E-state index contributed by atoms with van der Waals surface area (Å²) in [6.07, 6.45) is 1.88. The van der Waals surface area contributed by atoms with Crippen LogP contribution in [0.15, 0.2) is 18.2 Å². The summed E-state index contributed by atoms with van der Waals surface area (Å²) >= 11 is 3.24. The van der Waals surface area contributed by atoms with E-state index in [1.807, 2.05) is 0 Å². The number of carbonyl (C=O) groups is 1. The normalized spacial score (nSPS) is 10.3. The fraction of sp³-hybridized carbons (Fsp3) is 0.364. The maximum absolute atomic E-state index is 13.1. The van der Waals surface area contributed by atoms with Gasteiger partial charge in [0.2, 0.25) is 0 Å². The molecule has 1 rings (SSSR count). The van der Waals surface area contributed by atoms with E-state index in [0.29, 0.717) is 12.8 Å². The average molecular weight is 277 g/mol. The minimum Gasteiger partial charge on any atom is -0.294 e. The zero-order valence-electron chi connectivity index (χ0n) is 8.10. The summed E-state index contributed by atoms with van der Waals surface area (Å²) in [5, 5.41) is 0.826. The molecule has 0 bridgehead atoms. The van der Waals surface area contributed by atoms with Gasteiger partial charge in [0.15, 0.2) is 5.78 Å². The number of unbranched alkanes of at least 4 members (excludes halogenated alkanes) is 1. The monoisotopic (exact) mass is 276 g/mol. The highest BCUT2D eigenvalue weighted by Gasteiger charge is 2.11. The lowest BCUT2D eigenvalue weighted by Gasteiger charge is -2.01. The molecule has 0 radical (unpaired) electrons. The van der Waals surface area contributed by atoms with Crippen LogP contribution in [0.2, 0.25) is 0 Å². The number of Topliss-reactive ketones (excluding diaryl/α,β-unsaturated/α-hetero) is 1. The molecule has 4 heteroatoms. The molecule has 0 aromatic heterocycles. The van der Waals surface area contributed by atoms with Crippen molar-refractivity contribution in [3.63, 3.8) is 0 Å². The largest absolute Gasteiger partial charge is 0.294 e. The Morgan fingerprint density at radius 2 is 2.00 bits per heavy atom. The Kier molecular flexibility index (Phi) is 4.88. The van der Waals surface area contributed by atoms with Crippen molar-refractivity contribution in [1.29, 1.82) is 0 Å². The molecule has 0 amide bonds. The predicted molar refractivity (Wildman–Crippen MR) is 58.3 cm³/mol. The van der Waals surface area contributed by atoms with Crippen molar-refractivity contribution in [1.82, 2.24) is 0 Å². The molecule has 1 aromatic rings. The molecule has 0 saturated heterocycles. The van der Waals surface area contributed by atoms with E-state index in [1.165, 1.54) is 6.07 Å². The van der Waals surface area contributed by atoms with Gasteiger partial charge in [-0.2, -0.15) is 0 Å². The van der Waals surface area contributed by atoms with Crippen LogP contribution in [0.4, 0.5) is 8.78 Å². The minimum absolute atomic E-state index is 0.0222. The first-order valence-electron chi connectivity index (χ1n) is 4.69. The van der Waals surface area contributed by atoms with E-state index >= 15 is 0 Å². The fourth-order valence-electron chi connectivity index (χ4n) is 1.23. The summed E-state index contributed by atoms with van der Waals surface area (Å²) in [5.74, 6) is -1.71. The first-order valence-corrected chi connectivity index (χ1v) is 5.81. The van der Waals surface area contributed by atoms with E-state index < -0.39 is 11.6 Å². The number of rotatable bonds is 5. The van der Waals surface area contributed by atoms with E-state index in [9.17, 15) is 13.6 Å². The highest BCUT2D eigenvalue weighted by Crippen LogP contribution is 2.13. The van der Waals surface area contributed by atoms with E-state index in [4.69, 9.17) is 0 Å². The number of ketones is 1. The van der Waals surface area contributed by atoms with Gasteiger partial charge < -0.3 is 0 Å². The molecule has 0 spiro atoms. The number of benzene rings is 1. The van der Waals surface area contributed by atoms with E-state index in [2.05, 4.69) is 15.9 Å². The second-order valence-corrected chi connectivity index (χ2v) is 3.99. The Morgan fingerprint density at radius 3 is 2.60 bits per heavy atom. The van der Waals surface area contributed by atoms with Gasteiger partial charge >= 0.3 is 0 Å². The summed E-state index contributed by atoms with van der Waals surface area (Å²) < 4.78 is 25.7. The maximum Gasteiger partial charge on any atom is 0.165 e. The number of alkyl halides is 1. The molecule has 1 nitrogen and oxygen atoms in total. The first-order chi connectivity index (χ1) is 7.15. The lowest BCUT2D eigenvalue weighted by atomic mass is 10.1. The van der Waals surface area contributed by atoms with Crippen molar-refractivity contribution >= 4 is 21.7 Å². The van der Waals surface area contributed by atoms with Crippen molar-refractivity contribution in [3.8, 4) is 0 Å². The van der Waals surface area contributed by atoms with Gasteiger partial charge in [-0.05, 0) is 25.0 Å². The Balaban J connectivity index is 2.65. The van der Waals surface area contributed by atoms with E-state index in [0.717, 1.165) is 23.9 Å². The van der Waals surface area contributed by atoms with Gasteiger partial charge in [0.25, 0.3) is 0 Å². The molecule has 1 aromatic carbocycles.